The van der Waals surface area contributed by atoms with Gasteiger partial charge in [-0.05, 0) is 25.7 Å². The Morgan fingerprint density at radius 3 is 2.76 bits per heavy atom. The van der Waals surface area contributed by atoms with E-state index in [2.05, 4.69) is 4.90 Å². The average molecular weight is 316 g/mol. The van der Waals surface area contributed by atoms with E-state index < -0.39 is 0 Å². The van der Waals surface area contributed by atoms with E-state index in [0.29, 0.717) is 11.0 Å². The van der Waals surface area contributed by atoms with Gasteiger partial charge in [0.2, 0.25) is 0 Å². The van der Waals surface area contributed by atoms with E-state index in [0.717, 1.165) is 71.6 Å². The first kappa shape index (κ1) is 17.1. The van der Waals surface area contributed by atoms with Gasteiger partial charge in [-0.1, -0.05) is 12.2 Å². The van der Waals surface area contributed by atoms with Crippen molar-refractivity contribution in [1.82, 2.24) is 4.90 Å². The van der Waals surface area contributed by atoms with Gasteiger partial charge in [0.1, 0.15) is 0 Å². The molecule has 0 radical (unpaired) electrons. The minimum absolute atomic E-state index is 0.0235. The van der Waals surface area contributed by atoms with Gasteiger partial charge in [0.15, 0.2) is 0 Å². The lowest BCUT2D eigenvalue weighted by Gasteiger charge is -2.46. The molecule has 6 heteroatoms. The molecule has 122 valence electrons. The van der Waals surface area contributed by atoms with Crippen molar-refractivity contribution in [3.63, 3.8) is 0 Å². The Morgan fingerprint density at radius 2 is 2.10 bits per heavy atom. The number of thiocarbonyl (C=S) groups is 1. The van der Waals surface area contributed by atoms with Crippen molar-refractivity contribution < 1.29 is 14.2 Å². The SMILES string of the molecule is COCCN(CCC(N)=S)C1CCOC2(CCOCC2)C1. The Kier molecular flexibility index (Phi) is 6.82. The summed E-state index contributed by atoms with van der Waals surface area (Å²) in [5.41, 5.74) is 5.69. The number of hydrogen-bond acceptors (Lipinski definition) is 5. The van der Waals surface area contributed by atoms with Crippen LogP contribution in [0, 0.1) is 0 Å². The van der Waals surface area contributed by atoms with Gasteiger partial charge >= 0.3 is 0 Å². The van der Waals surface area contributed by atoms with Gasteiger partial charge in [-0.15, -0.1) is 0 Å². The third-order valence-electron chi connectivity index (χ3n) is 4.62. The molecule has 2 aliphatic heterocycles. The Morgan fingerprint density at radius 1 is 1.33 bits per heavy atom. The van der Waals surface area contributed by atoms with Crippen LogP contribution >= 0.6 is 12.2 Å². The number of nitrogens with zero attached hydrogens (tertiary/aromatic N) is 1. The second-order valence-electron chi connectivity index (χ2n) is 6.04. The van der Waals surface area contributed by atoms with E-state index in [9.17, 15) is 0 Å². The van der Waals surface area contributed by atoms with Gasteiger partial charge in [-0.25, -0.2) is 0 Å². The molecule has 0 bridgehead atoms. The Hall–Kier alpha value is -0.270. The van der Waals surface area contributed by atoms with Crippen molar-refractivity contribution in [2.75, 3.05) is 46.6 Å². The fraction of sp³-hybridized carbons (Fsp3) is 0.933. The number of nitrogens with two attached hydrogens (primary N) is 1. The first-order valence-electron chi connectivity index (χ1n) is 7.88. The lowest BCUT2D eigenvalue weighted by atomic mass is 9.83. The van der Waals surface area contributed by atoms with Gasteiger partial charge in [-0.2, -0.15) is 0 Å². The van der Waals surface area contributed by atoms with Crippen molar-refractivity contribution in [3.8, 4) is 0 Å². The summed E-state index contributed by atoms with van der Waals surface area (Å²) < 4.78 is 16.9. The maximum atomic E-state index is 6.13. The fourth-order valence-corrected chi connectivity index (χ4v) is 3.44. The Balaban J connectivity index is 1.94. The number of methoxy groups -OCH3 is 1. The number of rotatable bonds is 7. The van der Waals surface area contributed by atoms with E-state index in [1.54, 1.807) is 7.11 Å². The molecule has 0 aliphatic carbocycles. The van der Waals surface area contributed by atoms with Crippen molar-refractivity contribution >= 4 is 17.2 Å². The fourth-order valence-electron chi connectivity index (χ4n) is 3.34. The molecule has 0 saturated carbocycles. The summed E-state index contributed by atoms with van der Waals surface area (Å²) >= 11 is 5.03. The van der Waals surface area contributed by atoms with Gasteiger partial charge < -0.3 is 19.9 Å². The van der Waals surface area contributed by atoms with Crippen LogP contribution in [0.25, 0.3) is 0 Å². The second-order valence-corrected chi connectivity index (χ2v) is 6.56. The molecule has 2 N–H and O–H groups in total. The molecular weight excluding hydrogens is 288 g/mol. The van der Waals surface area contributed by atoms with E-state index >= 15 is 0 Å². The smallest absolute Gasteiger partial charge is 0.0741 e. The molecular formula is C15H28N2O3S. The lowest BCUT2D eigenvalue weighted by Crippen LogP contribution is -2.52. The monoisotopic (exact) mass is 316 g/mol. The largest absolute Gasteiger partial charge is 0.393 e. The highest BCUT2D eigenvalue weighted by atomic mass is 32.1. The van der Waals surface area contributed by atoms with E-state index in [1.165, 1.54) is 0 Å². The molecule has 1 spiro atoms. The van der Waals surface area contributed by atoms with Crippen molar-refractivity contribution in [2.24, 2.45) is 5.73 Å². The van der Waals surface area contributed by atoms with Crippen LogP contribution in [-0.2, 0) is 14.2 Å². The predicted octanol–water partition coefficient (Wildman–Crippen LogP) is 1.34. The van der Waals surface area contributed by atoms with Crippen LogP contribution in [0.4, 0.5) is 0 Å². The van der Waals surface area contributed by atoms with Crippen LogP contribution < -0.4 is 5.73 Å². The topological polar surface area (TPSA) is 57.0 Å². The maximum absolute atomic E-state index is 6.13. The molecule has 0 amide bonds. The maximum Gasteiger partial charge on any atom is 0.0741 e. The molecule has 2 saturated heterocycles. The molecule has 1 atom stereocenters. The van der Waals surface area contributed by atoms with E-state index in [-0.39, 0.29) is 5.60 Å². The Bertz CT molecular complexity index is 329. The van der Waals surface area contributed by atoms with Gasteiger partial charge in [0.05, 0.1) is 17.2 Å². The van der Waals surface area contributed by atoms with Crippen LogP contribution in [0.15, 0.2) is 0 Å². The Labute approximate surface area is 133 Å². The number of hydrogen-bond donors (Lipinski definition) is 1. The molecule has 0 aromatic carbocycles. The minimum atomic E-state index is 0.0235. The first-order chi connectivity index (χ1) is 10.2. The van der Waals surface area contributed by atoms with Crippen LogP contribution in [0.2, 0.25) is 0 Å². The van der Waals surface area contributed by atoms with Crippen LogP contribution in [0.1, 0.15) is 32.1 Å². The third-order valence-corrected chi connectivity index (χ3v) is 4.82. The predicted molar refractivity (Wildman–Crippen MR) is 86.6 cm³/mol. The summed E-state index contributed by atoms with van der Waals surface area (Å²) in [5, 5.41) is 0. The molecule has 2 rings (SSSR count). The van der Waals surface area contributed by atoms with Gasteiger partial charge in [0, 0.05) is 52.5 Å². The molecule has 21 heavy (non-hydrogen) atoms. The highest BCUT2D eigenvalue weighted by Gasteiger charge is 2.40. The third kappa shape index (κ3) is 5.14. The highest BCUT2D eigenvalue weighted by Crippen LogP contribution is 2.36. The zero-order valence-electron chi connectivity index (χ0n) is 13.0. The molecule has 0 aromatic rings. The summed E-state index contributed by atoms with van der Waals surface area (Å²) in [7, 11) is 1.75. The molecule has 2 aliphatic rings. The van der Waals surface area contributed by atoms with Gasteiger partial charge in [0.25, 0.3) is 0 Å². The molecule has 1 unspecified atom stereocenters. The zero-order chi connectivity index (χ0) is 15.1. The summed E-state index contributed by atoms with van der Waals surface area (Å²) in [6, 6.07) is 0.529. The molecule has 0 aromatic heterocycles. The normalized spacial score (nSPS) is 25.3. The molecule has 2 heterocycles. The summed E-state index contributed by atoms with van der Waals surface area (Å²) in [6.45, 7) is 5.05. The minimum Gasteiger partial charge on any atom is -0.393 e. The van der Waals surface area contributed by atoms with Crippen LogP contribution in [-0.4, -0.2) is 68.2 Å². The molecule has 5 nitrogen and oxygen atoms in total. The van der Waals surface area contributed by atoms with Crippen LogP contribution in [0.5, 0.6) is 0 Å². The molecule has 2 fully saturated rings. The quantitative estimate of drug-likeness (QED) is 0.715. The van der Waals surface area contributed by atoms with E-state index in [4.69, 9.17) is 32.2 Å². The summed E-state index contributed by atoms with van der Waals surface area (Å²) in [6.07, 6.45) is 4.95. The number of ether oxygens (including phenoxy) is 3. The lowest BCUT2D eigenvalue weighted by molar-refractivity contribution is -0.151. The van der Waals surface area contributed by atoms with Crippen molar-refractivity contribution in [1.29, 1.82) is 0 Å². The first-order valence-corrected chi connectivity index (χ1v) is 8.29. The summed E-state index contributed by atoms with van der Waals surface area (Å²) in [4.78, 5) is 3.06. The second kappa shape index (κ2) is 8.39. The van der Waals surface area contributed by atoms with Crippen molar-refractivity contribution in [3.05, 3.63) is 0 Å². The summed E-state index contributed by atoms with van der Waals surface area (Å²) in [5.74, 6) is 0. The van der Waals surface area contributed by atoms with Crippen molar-refractivity contribution in [2.45, 2.75) is 43.7 Å². The van der Waals surface area contributed by atoms with Gasteiger partial charge in [-0.3, -0.25) is 4.90 Å². The standard InChI is InChI=1S/C15H28N2O3S/c1-18-11-7-17(6-2-14(16)21)13-3-8-20-15(12-13)4-9-19-10-5-15/h13H,2-12H2,1H3,(H2,16,21). The average Bonchev–Trinajstić information content (AvgIpc) is 2.48. The zero-order valence-corrected chi connectivity index (χ0v) is 13.8. The highest BCUT2D eigenvalue weighted by molar-refractivity contribution is 7.80. The van der Waals surface area contributed by atoms with Crippen LogP contribution in [0.3, 0.4) is 0 Å². The van der Waals surface area contributed by atoms with E-state index in [1.807, 2.05) is 0 Å².